The molecule has 0 atom stereocenters. The molecule has 0 unspecified atom stereocenters. The van der Waals surface area contributed by atoms with Crippen molar-refractivity contribution < 1.29 is 0 Å². The topological polar surface area (TPSA) is 81.1 Å². The van der Waals surface area contributed by atoms with E-state index < -0.39 is 0 Å². The molecule has 1 rings (SSSR count). The highest BCUT2D eigenvalue weighted by molar-refractivity contribution is 5.73. The second kappa shape index (κ2) is 3.08. The van der Waals surface area contributed by atoms with E-state index in [9.17, 15) is 0 Å². The van der Waals surface area contributed by atoms with Crippen LogP contribution in [0.1, 0.15) is 0 Å². The lowest BCUT2D eigenvalue weighted by Crippen LogP contribution is -2.13. The SMILES string of the molecule is C=CN(C)c1ncnc(N)c1N. The number of hydrogen-bond donors (Lipinski definition) is 2. The summed E-state index contributed by atoms with van der Waals surface area (Å²) in [6.45, 7) is 3.58. The molecule has 0 aromatic carbocycles. The van der Waals surface area contributed by atoms with E-state index in [1.54, 1.807) is 18.1 Å². The molecular formula is C7H11N5. The minimum atomic E-state index is 0.286. The lowest BCUT2D eigenvalue weighted by Gasteiger charge is -2.14. The molecular weight excluding hydrogens is 154 g/mol. The highest BCUT2D eigenvalue weighted by Gasteiger charge is 2.06. The molecule has 0 amide bonds. The number of anilines is 3. The van der Waals surface area contributed by atoms with Crippen LogP contribution in [0.25, 0.3) is 0 Å². The summed E-state index contributed by atoms with van der Waals surface area (Å²) in [5.74, 6) is 0.853. The van der Waals surface area contributed by atoms with Crippen LogP contribution in [0.4, 0.5) is 17.3 Å². The molecule has 4 N–H and O–H groups in total. The van der Waals surface area contributed by atoms with Crippen molar-refractivity contribution in [2.24, 2.45) is 0 Å². The molecule has 0 bridgehead atoms. The Balaban J connectivity index is 3.15. The minimum absolute atomic E-state index is 0.286. The lowest BCUT2D eigenvalue weighted by molar-refractivity contribution is 1.09. The van der Waals surface area contributed by atoms with Crippen LogP contribution in [-0.4, -0.2) is 17.0 Å². The van der Waals surface area contributed by atoms with E-state index in [2.05, 4.69) is 16.5 Å². The van der Waals surface area contributed by atoms with Crippen LogP contribution < -0.4 is 16.4 Å². The maximum absolute atomic E-state index is 5.62. The van der Waals surface area contributed by atoms with Crippen LogP contribution in [0.2, 0.25) is 0 Å². The average Bonchev–Trinajstić information content (AvgIpc) is 2.08. The van der Waals surface area contributed by atoms with Crippen LogP contribution >= 0.6 is 0 Å². The summed E-state index contributed by atoms with van der Waals surface area (Å²) >= 11 is 0. The first-order chi connectivity index (χ1) is 5.66. The number of aromatic nitrogens is 2. The Morgan fingerprint density at radius 1 is 1.50 bits per heavy atom. The fourth-order valence-electron chi connectivity index (χ4n) is 0.767. The van der Waals surface area contributed by atoms with Crippen LogP contribution in [0.5, 0.6) is 0 Å². The maximum atomic E-state index is 5.62. The Bertz CT molecular complexity index is 296. The van der Waals surface area contributed by atoms with Crippen LogP contribution in [0, 0.1) is 0 Å². The van der Waals surface area contributed by atoms with Gasteiger partial charge in [0.15, 0.2) is 11.6 Å². The Labute approximate surface area is 70.7 Å². The fraction of sp³-hybridized carbons (Fsp3) is 0.143. The molecule has 0 spiro atoms. The van der Waals surface area contributed by atoms with E-state index in [1.165, 1.54) is 6.33 Å². The van der Waals surface area contributed by atoms with Gasteiger partial charge < -0.3 is 16.4 Å². The maximum Gasteiger partial charge on any atom is 0.161 e. The van der Waals surface area contributed by atoms with Gasteiger partial charge in [0.2, 0.25) is 0 Å². The van der Waals surface area contributed by atoms with Crippen molar-refractivity contribution in [1.29, 1.82) is 0 Å². The molecule has 0 fully saturated rings. The van der Waals surface area contributed by atoms with Crippen molar-refractivity contribution in [2.75, 3.05) is 23.4 Å². The predicted molar refractivity (Wildman–Crippen MR) is 49.5 cm³/mol. The minimum Gasteiger partial charge on any atom is -0.393 e. The van der Waals surface area contributed by atoms with Crippen molar-refractivity contribution in [2.45, 2.75) is 0 Å². The van der Waals surface area contributed by atoms with E-state index in [0.717, 1.165) is 0 Å². The van der Waals surface area contributed by atoms with Crippen LogP contribution in [0.3, 0.4) is 0 Å². The van der Waals surface area contributed by atoms with Gasteiger partial charge in [-0.1, -0.05) is 6.58 Å². The highest BCUT2D eigenvalue weighted by Crippen LogP contribution is 2.22. The molecule has 64 valence electrons. The van der Waals surface area contributed by atoms with Gasteiger partial charge in [-0.25, -0.2) is 9.97 Å². The summed E-state index contributed by atoms with van der Waals surface area (Å²) < 4.78 is 0. The van der Waals surface area contributed by atoms with Crippen molar-refractivity contribution >= 4 is 17.3 Å². The Kier molecular flexibility index (Phi) is 2.14. The Hall–Kier alpha value is -1.78. The third kappa shape index (κ3) is 1.29. The van der Waals surface area contributed by atoms with Crippen molar-refractivity contribution in [3.63, 3.8) is 0 Å². The smallest absolute Gasteiger partial charge is 0.161 e. The molecule has 0 aliphatic heterocycles. The molecule has 0 radical (unpaired) electrons. The second-order valence-corrected chi connectivity index (χ2v) is 2.29. The quantitative estimate of drug-likeness (QED) is 0.655. The van der Waals surface area contributed by atoms with Gasteiger partial charge in [0.1, 0.15) is 12.0 Å². The second-order valence-electron chi connectivity index (χ2n) is 2.29. The monoisotopic (exact) mass is 165 g/mol. The number of rotatable bonds is 2. The van der Waals surface area contributed by atoms with Crippen molar-refractivity contribution in [3.8, 4) is 0 Å². The summed E-state index contributed by atoms with van der Waals surface area (Å²) in [4.78, 5) is 9.36. The Morgan fingerprint density at radius 2 is 2.17 bits per heavy atom. The molecule has 12 heavy (non-hydrogen) atoms. The van der Waals surface area contributed by atoms with Crippen molar-refractivity contribution in [3.05, 3.63) is 19.1 Å². The highest BCUT2D eigenvalue weighted by atomic mass is 15.2. The molecule has 1 aromatic rings. The zero-order valence-electron chi connectivity index (χ0n) is 6.86. The number of nitrogen functional groups attached to an aromatic ring is 2. The van der Waals surface area contributed by atoms with E-state index >= 15 is 0 Å². The molecule has 0 aliphatic carbocycles. The summed E-state index contributed by atoms with van der Waals surface area (Å²) in [5, 5.41) is 0. The van der Waals surface area contributed by atoms with Crippen LogP contribution in [0.15, 0.2) is 19.1 Å². The van der Waals surface area contributed by atoms with Gasteiger partial charge in [-0.15, -0.1) is 0 Å². The number of hydrogen-bond acceptors (Lipinski definition) is 5. The Morgan fingerprint density at radius 3 is 2.75 bits per heavy atom. The first kappa shape index (κ1) is 8.32. The standard InChI is InChI=1S/C7H11N5/c1-3-12(2)7-5(8)6(9)10-4-11-7/h3-4H,1,8H2,2H3,(H2,9,10,11). The van der Waals surface area contributed by atoms with Gasteiger partial charge in [-0.2, -0.15) is 0 Å². The lowest BCUT2D eigenvalue weighted by atomic mass is 10.4. The van der Waals surface area contributed by atoms with Gasteiger partial charge in [0.05, 0.1) is 0 Å². The van der Waals surface area contributed by atoms with Gasteiger partial charge in [-0.3, -0.25) is 0 Å². The molecule has 0 saturated heterocycles. The van der Waals surface area contributed by atoms with Gasteiger partial charge in [0, 0.05) is 7.05 Å². The largest absolute Gasteiger partial charge is 0.393 e. The first-order valence-electron chi connectivity index (χ1n) is 3.38. The van der Waals surface area contributed by atoms with Gasteiger partial charge in [0.25, 0.3) is 0 Å². The first-order valence-corrected chi connectivity index (χ1v) is 3.38. The molecule has 0 aliphatic rings. The van der Waals surface area contributed by atoms with Gasteiger partial charge in [-0.05, 0) is 6.20 Å². The molecule has 5 heteroatoms. The molecule has 5 nitrogen and oxygen atoms in total. The third-order valence-corrected chi connectivity index (χ3v) is 1.50. The zero-order chi connectivity index (χ0) is 9.14. The van der Waals surface area contributed by atoms with E-state index in [4.69, 9.17) is 11.5 Å². The number of nitrogens with two attached hydrogens (primary N) is 2. The van der Waals surface area contributed by atoms with E-state index in [1.807, 2.05) is 0 Å². The zero-order valence-corrected chi connectivity index (χ0v) is 6.86. The summed E-state index contributed by atoms with van der Waals surface area (Å²) in [5.41, 5.74) is 11.5. The predicted octanol–water partition coefficient (Wildman–Crippen LogP) is 0.221. The average molecular weight is 165 g/mol. The molecule has 1 aromatic heterocycles. The fourth-order valence-corrected chi connectivity index (χ4v) is 0.767. The molecule has 1 heterocycles. The van der Waals surface area contributed by atoms with Gasteiger partial charge >= 0.3 is 0 Å². The number of nitrogens with zero attached hydrogens (tertiary/aromatic N) is 3. The van der Waals surface area contributed by atoms with E-state index in [0.29, 0.717) is 11.5 Å². The summed E-state index contributed by atoms with van der Waals surface area (Å²) in [7, 11) is 1.78. The summed E-state index contributed by atoms with van der Waals surface area (Å²) in [6, 6.07) is 0. The van der Waals surface area contributed by atoms with Crippen LogP contribution in [-0.2, 0) is 0 Å². The summed E-state index contributed by atoms with van der Waals surface area (Å²) in [6.07, 6.45) is 2.96. The normalized spacial score (nSPS) is 9.42. The van der Waals surface area contributed by atoms with Crippen molar-refractivity contribution in [1.82, 2.24) is 9.97 Å². The van der Waals surface area contributed by atoms with E-state index in [-0.39, 0.29) is 5.82 Å². The molecule has 0 saturated carbocycles. The third-order valence-electron chi connectivity index (χ3n) is 1.50.